The second kappa shape index (κ2) is 8.01. The largest absolute Gasteiger partial charge is 0.387 e. The first-order valence-corrected chi connectivity index (χ1v) is 7.64. The van der Waals surface area contributed by atoms with Crippen LogP contribution < -0.4 is 5.32 Å². The predicted molar refractivity (Wildman–Crippen MR) is 85.8 cm³/mol. The molecule has 0 unspecified atom stereocenters. The Labute approximate surface area is 131 Å². The summed E-state index contributed by atoms with van der Waals surface area (Å²) in [5, 5.41) is 13.5. The quantitative estimate of drug-likeness (QED) is 0.821. The fourth-order valence-electron chi connectivity index (χ4n) is 2.47. The maximum Gasteiger partial charge on any atom is 0.129 e. The van der Waals surface area contributed by atoms with E-state index >= 15 is 0 Å². The number of aliphatic hydroxyl groups excluding tert-OH is 1. The molecule has 2 N–H and O–H groups in total. The summed E-state index contributed by atoms with van der Waals surface area (Å²) >= 11 is 0. The number of aliphatic hydroxyl groups is 1. The molecule has 0 aliphatic carbocycles. The SMILES string of the molecule is CC(C)C[C@@H](NC[C@H](O)c1ccccc1F)c1ccccn1. The van der Waals surface area contributed by atoms with E-state index in [4.69, 9.17) is 0 Å². The van der Waals surface area contributed by atoms with Crippen molar-refractivity contribution in [3.63, 3.8) is 0 Å². The summed E-state index contributed by atoms with van der Waals surface area (Å²) in [4.78, 5) is 4.38. The Morgan fingerprint density at radius 1 is 1.14 bits per heavy atom. The second-order valence-corrected chi connectivity index (χ2v) is 5.88. The molecule has 2 aromatic rings. The predicted octanol–water partition coefficient (Wildman–Crippen LogP) is 3.63. The summed E-state index contributed by atoms with van der Waals surface area (Å²) < 4.78 is 13.7. The summed E-state index contributed by atoms with van der Waals surface area (Å²) in [6.45, 7) is 4.57. The van der Waals surface area contributed by atoms with Gasteiger partial charge in [0, 0.05) is 24.3 Å². The molecule has 0 saturated carbocycles. The molecule has 2 atom stereocenters. The number of hydrogen-bond donors (Lipinski definition) is 2. The average Bonchev–Trinajstić information content (AvgIpc) is 2.52. The molecule has 1 heterocycles. The van der Waals surface area contributed by atoms with Gasteiger partial charge in [-0.15, -0.1) is 0 Å². The molecular weight excluding hydrogens is 279 g/mol. The first-order valence-electron chi connectivity index (χ1n) is 7.64. The van der Waals surface area contributed by atoms with Crippen LogP contribution in [0.1, 0.15) is 43.7 Å². The molecule has 0 amide bonds. The molecular formula is C18H23FN2O. The lowest BCUT2D eigenvalue weighted by Gasteiger charge is -2.22. The Morgan fingerprint density at radius 3 is 2.50 bits per heavy atom. The van der Waals surface area contributed by atoms with Crippen molar-refractivity contribution in [2.75, 3.05) is 6.54 Å². The van der Waals surface area contributed by atoms with Crippen LogP contribution >= 0.6 is 0 Å². The number of nitrogens with one attached hydrogen (secondary N) is 1. The van der Waals surface area contributed by atoms with Crippen LogP contribution in [-0.4, -0.2) is 16.6 Å². The van der Waals surface area contributed by atoms with E-state index in [1.807, 2.05) is 18.2 Å². The molecule has 0 spiro atoms. The van der Waals surface area contributed by atoms with Gasteiger partial charge in [-0.25, -0.2) is 4.39 Å². The van der Waals surface area contributed by atoms with Crippen molar-refractivity contribution in [1.29, 1.82) is 0 Å². The molecule has 22 heavy (non-hydrogen) atoms. The van der Waals surface area contributed by atoms with Gasteiger partial charge in [0.05, 0.1) is 11.8 Å². The molecule has 0 saturated heterocycles. The highest BCUT2D eigenvalue weighted by atomic mass is 19.1. The van der Waals surface area contributed by atoms with E-state index < -0.39 is 6.10 Å². The van der Waals surface area contributed by atoms with E-state index in [0.29, 0.717) is 11.5 Å². The van der Waals surface area contributed by atoms with Crippen LogP contribution in [0.5, 0.6) is 0 Å². The van der Waals surface area contributed by atoms with Gasteiger partial charge < -0.3 is 10.4 Å². The summed E-state index contributed by atoms with van der Waals surface area (Å²) in [5.41, 5.74) is 1.26. The van der Waals surface area contributed by atoms with Crippen LogP contribution in [0.25, 0.3) is 0 Å². The molecule has 1 aromatic heterocycles. The van der Waals surface area contributed by atoms with Gasteiger partial charge in [-0.3, -0.25) is 4.98 Å². The van der Waals surface area contributed by atoms with Gasteiger partial charge in [0.2, 0.25) is 0 Å². The average molecular weight is 302 g/mol. The fourth-order valence-corrected chi connectivity index (χ4v) is 2.47. The Kier molecular flexibility index (Phi) is 6.04. The minimum atomic E-state index is -0.875. The van der Waals surface area contributed by atoms with E-state index in [1.54, 1.807) is 24.4 Å². The first kappa shape index (κ1) is 16.6. The topological polar surface area (TPSA) is 45.1 Å². The first-order chi connectivity index (χ1) is 10.6. The van der Waals surface area contributed by atoms with Gasteiger partial charge >= 0.3 is 0 Å². The minimum absolute atomic E-state index is 0.0441. The van der Waals surface area contributed by atoms with Gasteiger partial charge in [0.15, 0.2) is 0 Å². The number of hydrogen-bond acceptors (Lipinski definition) is 3. The molecule has 0 radical (unpaired) electrons. The monoisotopic (exact) mass is 302 g/mol. The number of aromatic nitrogens is 1. The summed E-state index contributed by atoms with van der Waals surface area (Å²) in [5.74, 6) is 0.111. The molecule has 118 valence electrons. The lowest BCUT2D eigenvalue weighted by Crippen LogP contribution is -2.28. The third kappa shape index (κ3) is 4.61. The highest BCUT2D eigenvalue weighted by molar-refractivity contribution is 5.20. The second-order valence-electron chi connectivity index (χ2n) is 5.88. The third-order valence-corrected chi connectivity index (χ3v) is 3.57. The highest BCUT2D eigenvalue weighted by Gasteiger charge is 2.18. The number of benzene rings is 1. The van der Waals surface area contributed by atoms with Crippen molar-refractivity contribution in [2.24, 2.45) is 5.92 Å². The number of pyridine rings is 1. The maximum absolute atomic E-state index is 13.7. The lowest BCUT2D eigenvalue weighted by atomic mass is 10.00. The Morgan fingerprint density at radius 2 is 1.86 bits per heavy atom. The summed E-state index contributed by atoms with van der Waals surface area (Å²) in [7, 11) is 0. The van der Waals surface area contributed by atoms with Gasteiger partial charge in [-0.2, -0.15) is 0 Å². The van der Waals surface area contributed by atoms with Crippen LogP contribution in [0.15, 0.2) is 48.7 Å². The number of rotatable bonds is 7. The molecule has 2 rings (SSSR count). The van der Waals surface area contributed by atoms with Gasteiger partial charge in [0.25, 0.3) is 0 Å². The molecule has 0 aliphatic rings. The van der Waals surface area contributed by atoms with E-state index in [9.17, 15) is 9.50 Å². The number of nitrogens with zero attached hydrogens (tertiary/aromatic N) is 1. The smallest absolute Gasteiger partial charge is 0.129 e. The Bertz CT molecular complexity index is 574. The summed E-state index contributed by atoms with van der Waals surface area (Å²) in [6.07, 6.45) is 1.79. The van der Waals surface area contributed by atoms with E-state index in [2.05, 4.69) is 24.1 Å². The van der Waals surface area contributed by atoms with Gasteiger partial charge in [-0.1, -0.05) is 38.1 Å². The minimum Gasteiger partial charge on any atom is -0.387 e. The van der Waals surface area contributed by atoms with Gasteiger partial charge in [0.1, 0.15) is 5.82 Å². The number of halogens is 1. The fraction of sp³-hybridized carbons (Fsp3) is 0.389. The van der Waals surface area contributed by atoms with Crippen LogP contribution in [0, 0.1) is 11.7 Å². The Hall–Kier alpha value is -1.78. The van der Waals surface area contributed by atoms with Crippen LogP contribution in [-0.2, 0) is 0 Å². The van der Waals surface area contributed by atoms with Crippen molar-refractivity contribution in [3.05, 3.63) is 65.7 Å². The van der Waals surface area contributed by atoms with E-state index in [0.717, 1.165) is 12.1 Å². The van der Waals surface area contributed by atoms with Crippen LogP contribution in [0.2, 0.25) is 0 Å². The van der Waals surface area contributed by atoms with Crippen molar-refractivity contribution >= 4 is 0 Å². The van der Waals surface area contributed by atoms with E-state index in [-0.39, 0.29) is 18.4 Å². The zero-order chi connectivity index (χ0) is 15.9. The lowest BCUT2D eigenvalue weighted by molar-refractivity contribution is 0.163. The third-order valence-electron chi connectivity index (χ3n) is 3.57. The Balaban J connectivity index is 2.04. The molecule has 0 aliphatic heterocycles. The van der Waals surface area contributed by atoms with Crippen molar-refractivity contribution in [1.82, 2.24) is 10.3 Å². The normalized spacial score (nSPS) is 14.0. The van der Waals surface area contributed by atoms with Crippen molar-refractivity contribution in [3.8, 4) is 0 Å². The van der Waals surface area contributed by atoms with Crippen LogP contribution in [0.3, 0.4) is 0 Å². The van der Waals surface area contributed by atoms with Crippen molar-refractivity contribution in [2.45, 2.75) is 32.4 Å². The molecule has 0 fully saturated rings. The van der Waals surface area contributed by atoms with Crippen molar-refractivity contribution < 1.29 is 9.50 Å². The highest BCUT2D eigenvalue weighted by Crippen LogP contribution is 2.21. The van der Waals surface area contributed by atoms with Crippen LogP contribution in [0.4, 0.5) is 4.39 Å². The molecule has 1 aromatic carbocycles. The zero-order valence-electron chi connectivity index (χ0n) is 13.0. The molecule has 4 heteroatoms. The molecule has 0 bridgehead atoms. The van der Waals surface area contributed by atoms with E-state index in [1.165, 1.54) is 6.07 Å². The zero-order valence-corrected chi connectivity index (χ0v) is 13.0. The summed E-state index contributed by atoms with van der Waals surface area (Å²) in [6, 6.07) is 12.2. The van der Waals surface area contributed by atoms with Gasteiger partial charge in [-0.05, 0) is 30.5 Å². The standard InChI is InChI=1S/C18H23FN2O/c1-13(2)11-17(16-9-5-6-10-20-16)21-12-18(22)14-7-3-4-8-15(14)19/h3-10,13,17-18,21-22H,11-12H2,1-2H3/t17-,18+/m1/s1. The maximum atomic E-state index is 13.7. The molecule has 3 nitrogen and oxygen atoms in total.